The molecule has 0 aliphatic heterocycles. The molecule has 0 saturated heterocycles. The van der Waals surface area contributed by atoms with Crippen LogP contribution in [0.2, 0.25) is 0 Å². The Morgan fingerprint density at radius 2 is 1.66 bits per heavy atom. The summed E-state index contributed by atoms with van der Waals surface area (Å²) in [5.74, 6) is -1.51. The van der Waals surface area contributed by atoms with Crippen molar-refractivity contribution in [3.63, 3.8) is 0 Å². The Balaban J connectivity index is 2.47. The molecule has 0 saturated carbocycles. The van der Waals surface area contributed by atoms with E-state index >= 15 is 0 Å². The Labute approximate surface area is 184 Å². The highest BCUT2D eigenvalue weighted by molar-refractivity contribution is 5.98. The number of rotatable bonds is 10. The van der Waals surface area contributed by atoms with E-state index < -0.39 is 29.9 Å². The largest absolute Gasteiger partial charge is 0.481 e. The van der Waals surface area contributed by atoms with Gasteiger partial charge in [-0.15, -0.1) is 0 Å². The summed E-state index contributed by atoms with van der Waals surface area (Å²) in [7, 11) is 2.86. The predicted octanol–water partition coefficient (Wildman–Crippen LogP) is 2.57. The number of carboxylic acid groups (broad SMARTS) is 1. The molecule has 2 heterocycles. The van der Waals surface area contributed by atoms with Crippen molar-refractivity contribution in [1.29, 1.82) is 0 Å². The summed E-state index contributed by atoms with van der Waals surface area (Å²) in [5.41, 5.74) is 5.63. The van der Waals surface area contributed by atoms with Gasteiger partial charge in [0.1, 0.15) is 5.82 Å². The molecule has 12 heteroatoms. The molecule has 0 unspecified atom stereocenters. The minimum Gasteiger partial charge on any atom is -0.481 e. The molecule has 0 aromatic carbocycles. The van der Waals surface area contributed by atoms with Crippen molar-refractivity contribution in [2.24, 2.45) is 11.7 Å². The van der Waals surface area contributed by atoms with Gasteiger partial charge in [0, 0.05) is 24.2 Å². The van der Waals surface area contributed by atoms with Crippen LogP contribution in [-0.2, 0) is 0 Å². The molecule has 2 amide bonds. The van der Waals surface area contributed by atoms with Gasteiger partial charge in [0.2, 0.25) is 11.8 Å². The molecule has 2 aromatic heterocycles. The Kier molecular flexibility index (Phi) is 7.99. The van der Waals surface area contributed by atoms with Crippen LogP contribution in [0.1, 0.15) is 31.1 Å². The third-order valence-electron chi connectivity index (χ3n) is 4.61. The Morgan fingerprint density at radius 3 is 2.12 bits per heavy atom. The van der Waals surface area contributed by atoms with Crippen LogP contribution in [0.4, 0.5) is 26.5 Å². The van der Waals surface area contributed by atoms with E-state index in [9.17, 15) is 14.0 Å². The molecule has 0 fully saturated rings. The number of halogens is 1. The van der Waals surface area contributed by atoms with Crippen molar-refractivity contribution in [2.75, 3.05) is 24.9 Å². The summed E-state index contributed by atoms with van der Waals surface area (Å²) in [4.78, 5) is 31.2. The number of nitrogens with two attached hydrogens (primary N) is 1. The molecule has 2 rings (SSSR count). The van der Waals surface area contributed by atoms with E-state index in [1.54, 1.807) is 6.92 Å². The number of ether oxygens (including phenoxy) is 2. The average Bonchev–Trinajstić information content (AvgIpc) is 2.72. The van der Waals surface area contributed by atoms with Gasteiger partial charge in [0.05, 0.1) is 25.5 Å². The number of pyridine rings is 2. The van der Waals surface area contributed by atoms with Crippen molar-refractivity contribution >= 4 is 29.3 Å². The molecule has 0 spiro atoms. The quantitative estimate of drug-likeness (QED) is 0.366. The number of amides is 2. The average molecular weight is 450 g/mol. The minimum absolute atomic E-state index is 0.0157. The lowest BCUT2D eigenvalue weighted by Gasteiger charge is -2.29. The second-order valence-electron chi connectivity index (χ2n) is 7.30. The highest BCUT2D eigenvalue weighted by Gasteiger charge is 2.25. The second-order valence-corrected chi connectivity index (χ2v) is 7.30. The van der Waals surface area contributed by atoms with Crippen molar-refractivity contribution in [1.82, 2.24) is 15.3 Å². The fourth-order valence-corrected chi connectivity index (χ4v) is 3.08. The van der Waals surface area contributed by atoms with Crippen molar-refractivity contribution < 1.29 is 28.6 Å². The molecular weight excluding hydrogens is 423 g/mol. The van der Waals surface area contributed by atoms with Crippen LogP contribution in [0.25, 0.3) is 0 Å². The number of hydrogen-bond donors (Lipinski definition) is 5. The van der Waals surface area contributed by atoms with Gasteiger partial charge >= 0.3 is 6.09 Å². The number of carbonyl (C=O) groups excluding carboxylic acids is 1. The maximum absolute atomic E-state index is 14.8. The normalized spacial score (nSPS) is 12.6. The van der Waals surface area contributed by atoms with Gasteiger partial charge in [-0.2, -0.15) is 4.98 Å². The van der Waals surface area contributed by atoms with Gasteiger partial charge in [0.15, 0.2) is 11.6 Å². The molecule has 0 bridgehead atoms. The first kappa shape index (κ1) is 24.4. The van der Waals surface area contributed by atoms with Crippen LogP contribution >= 0.6 is 0 Å². The smallest absolute Gasteiger partial charge is 0.404 e. The highest BCUT2D eigenvalue weighted by atomic mass is 19.1. The summed E-state index contributed by atoms with van der Waals surface area (Å²) in [6.07, 6.45) is -1.20. The Morgan fingerprint density at radius 1 is 1.06 bits per heavy atom. The zero-order valence-corrected chi connectivity index (χ0v) is 18.4. The molecule has 11 nitrogen and oxygen atoms in total. The number of nitrogens with one attached hydrogen (secondary N) is 3. The van der Waals surface area contributed by atoms with Crippen molar-refractivity contribution in [3.8, 4) is 11.8 Å². The predicted molar refractivity (Wildman–Crippen MR) is 116 cm³/mol. The van der Waals surface area contributed by atoms with Crippen molar-refractivity contribution in [3.05, 3.63) is 29.6 Å². The Hall–Kier alpha value is -3.83. The number of methoxy groups -OCH3 is 2. The highest BCUT2D eigenvalue weighted by Crippen LogP contribution is 2.28. The lowest BCUT2D eigenvalue weighted by Crippen LogP contribution is -2.47. The van der Waals surface area contributed by atoms with Crippen LogP contribution in [0.5, 0.6) is 11.8 Å². The number of hydrogen-bond acceptors (Lipinski definition) is 8. The SMILES string of the molecule is COc1cc(Nc2nc(N[C@H](C(C)C)[C@H](C)NC(=O)O)c(F)cc2C(N)=O)cc(OC)n1. The number of aromatic nitrogens is 2. The first-order chi connectivity index (χ1) is 15.0. The molecule has 0 radical (unpaired) electrons. The molecule has 32 heavy (non-hydrogen) atoms. The van der Waals surface area contributed by atoms with Crippen LogP contribution in [0.15, 0.2) is 18.2 Å². The molecule has 174 valence electrons. The summed E-state index contributed by atoms with van der Waals surface area (Å²) >= 11 is 0. The van der Waals surface area contributed by atoms with E-state index in [-0.39, 0.29) is 34.9 Å². The van der Waals surface area contributed by atoms with E-state index in [0.29, 0.717) is 5.69 Å². The molecule has 6 N–H and O–H groups in total. The van der Waals surface area contributed by atoms with Gasteiger partial charge in [-0.25, -0.2) is 14.2 Å². The standard InChI is InChI=1S/C20H27FN6O5/c1-9(2)16(10(3)23-20(29)30)26-19-13(21)8-12(17(22)28)18(27-19)24-11-6-14(31-4)25-15(7-11)32-5/h6-10,16,23H,1-5H3,(H2,22,28)(H,29,30)(H2,24,25,26,27)/t10-,16+/m0/s1. The first-order valence-electron chi connectivity index (χ1n) is 9.69. The third kappa shape index (κ3) is 6.09. The molecular formula is C20H27FN6O5. The lowest BCUT2D eigenvalue weighted by atomic mass is 9.97. The van der Waals surface area contributed by atoms with Crippen LogP contribution in [-0.4, -0.2) is 53.4 Å². The van der Waals surface area contributed by atoms with Crippen LogP contribution < -0.4 is 31.2 Å². The monoisotopic (exact) mass is 450 g/mol. The van der Waals surface area contributed by atoms with Gasteiger partial charge in [-0.3, -0.25) is 4.79 Å². The number of nitrogens with zero attached hydrogens (tertiary/aromatic N) is 2. The summed E-state index contributed by atoms with van der Waals surface area (Å²) in [5, 5.41) is 17.2. The van der Waals surface area contributed by atoms with Gasteiger partial charge in [0.25, 0.3) is 5.91 Å². The Bertz CT molecular complexity index is 965. The van der Waals surface area contributed by atoms with E-state index in [0.717, 1.165) is 6.07 Å². The fraction of sp³-hybridized carbons (Fsp3) is 0.400. The number of primary amides is 1. The van der Waals surface area contributed by atoms with Crippen molar-refractivity contribution in [2.45, 2.75) is 32.9 Å². The van der Waals surface area contributed by atoms with Crippen LogP contribution in [0, 0.1) is 11.7 Å². The number of anilines is 3. The van der Waals surface area contributed by atoms with Gasteiger partial charge in [-0.1, -0.05) is 13.8 Å². The zero-order chi connectivity index (χ0) is 24.0. The topological polar surface area (TPSA) is 161 Å². The molecule has 2 atom stereocenters. The molecule has 2 aromatic rings. The maximum atomic E-state index is 14.8. The lowest BCUT2D eigenvalue weighted by molar-refractivity contribution is 0.1000. The van der Waals surface area contributed by atoms with E-state index in [1.807, 2.05) is 13.8 Å². The molecule has 0 aliphatic carbocycles. The van der Waals surface area contributed by atoms with Gasteiger partial charge in [-0.05, 0) is 18.9 Å². The van der Waals surface area contributed by atoms with E-state index in [4.69, 9.17) is 20.3 Å². The third-order valence-corrected chi connectivity index (χ3v) is 4.61. The maximum Gasteiger partial charge on any atom is 0.404 e. The summed E-state index contributed by atoms with van der Waals surface area (Å²) < 4.78 is 25.0. The summed E-state index contributed by atoms with van der Waals surface area (Å²) in [6, 6.07) is 2.96. The summed E-state index contributed by atoms with van der Waals surface area (Å²) in [6.45, 7) is 5.35. The minimum atomic E-state index is -1.20. The van der Waals surface area contributed by atoms with Crippen LogP contribution in [0.3, 0.4) is 0 Å². The fourth-order valence-electron chi connectivity index (χ4n) is 3.08. The first-order valence-corrected chi connectivity index (χ1v) is 9.69. The zero-order valence-electron chi connectivity index (χ0n) is 18.4. The van der Waals surface area contributed by atoms with Gasteiger partial charge < -0.3 is 36.3 Å². The second kappa shape index (κ2) is 10.5. The molecule has 0 aliphatic rings. The van der Waals surface area contributed by atoms with E-state index in [2.05, 4.69) is 25.9 Å². The van der Waals surface area contributed by atoms with E-state index in [1.165, 1.54) is 26.4 Å². The number of carbonyl (C=O) groups is 2.